The molecule has 0 atom stereocenters. The Bertz CT molecular complexity index is 423. The molecule has 1 nitrogen and oxygen atoms in total. The summed E-state index contributed by atoms with van der Waals surface area (Å²) in [4.78, 5) is 0. The van der Waals surface area contributed by atoms with Crippen molar-refractivity contribution in [2.75, 3.05) is 0 Å². The lowest BCUT2D eigenvalue weighted by atomic mass is 10.0. The predicted molar refractivity (Wildman–Crippen MR) is 52.0 cm³/mol. The van der Waals surface area contributed by atoms with Crippen molar-refractivity contribution >= 4 is 15.9 Å². The molecule has 0 bridgehead atoms. The molecule has 1 aromatic carbocycles. The van der Waals surface area contributed by atoms with Gasteiger partial charge in [0.25, 0.3) is 0 Å². The van der Waals surface area contributed by atoms with Gasteiger partial charge in [-0.2, -0.15) is 26.3 Å². The molecule has 2 N–H and O–H groups in total. The second-order valence-electron chi connectivity index (χ2n) is 3.18. The van der Waals surface area contributed by atoms with Crippen LogP contribution < -0.4 is 5.73 Å². The van der Waals surface area contributed by atoms with Crippen LogP contribution in [0.4, 0.5) is 26.3 Å². The summed E-state index contributed by atoms with van der Waals surface area (Å²) in [6.07, 6.45) is -9.71. The molecule has 0 saturated carbocycles. The van der Waals surface area contributed by atoms with Crippen molar-refractivity contribution in [2.24, 2.45) is 5.73 Å². The lowest BCUT2D eigenvalue weighted by molar-refractivity contribution is -0.143. The molecule has 0 spiro atoms. The first-order valence-corrected chi connectivity index (χ1v) is 5.03. The number of hydrogen-bond donors (Lipinski definition) is 1. The monoisotopic (exact) mass is 321 g/mol. The summed E-state index contributed by atoms with van der Waals surface area (Å²) in [5, 5.41) is 0. The van der Waals surface area contributed by atoms with E-state index in [2.05, 4.69) is 15.9 Å². The first kappa shape index (κ1) is 14.3. The van der Waals surface area contributed by atoms with Crippen LogP contribution in [0, 0.1) is 0 Å². The summed E-state index contributed by atoms with van der Waals surface area (Å²) in [5.74, 6) is 0. The fourth-order valence-corrected chi connectivity index (χ4v) is 1.88. The molecule has 1 aromatic rings. The molecule has 0 aliphatic heterocycles. The van der Waals surface area contributed by atoms with Crippen LogP contribution in [0.5, 0.6) is 0 Å². The van der Waals surface area contributed by atoms with Gasteiger partial charge in [-0.3, -0.25) is 0 Å². The molecular formula is C9H6BrF6N. The Morgan fingerprint density at radius 2 is 1.53 bits per heavy atom. The molecule has 8 heteroatoms. The maximum atomic E-state index is 12.5. The Balaban J connectivity index is 3.51. The van der Waals surface area contributed by atoms with Gasteiger partial charge in [0.05, 0.1) is 11.1 Å². The van der Waals surface area contributed by atoms with Gasteiger partial charge in [-0.25, -0.2) is 0 Å². The summed E-state index contributed by atoms with van der Waals surface area (Å²) < 4.78 is 74.4. The van der Waals surface area contributed by atoms with Crippen molar-refractivity contribution in [3.63, 3.8) is 0 Å². The average Bonchev–Trinajstić information content (AvgIpc) is 2.13. The highest BCUT2D eigenvalue weighted by Crippen LogP contribution is 2.40. The normalized spacial score (nSPS) is 12.9. The molecule has 0 aliphatic carbocycles. The summed E-state index contributed by atoms with van der Waals surface area (Å²) in [6, 6.07) is 0.643. The molecule has 0 aliphatic rings. The quantitative estimate of drug-likeness (QED) is 0.779. The van der Waals surface area contributed by atoms with Gasteiger partial charge >= 0.3 is 12.4 Å². The first-order chi connectivity index (χ1) is 7.57. The van der Waals surface area contributed by atoms with Gasteiger partial charge in [-0.05, 0) is 17.7 Å². The van der Waals surface area contributed by atoms with Gasteiger partial charge in [-0.1, -0.05) is 15.9 Å². The molecule has 0 aromatic heterocycles. The highest BCUT2D eigenvalue weighted by atomic mass is 79.9. The lowest BCUT2D eigenvalue weighted by Crippen LogP contribution is -2.16. The zero-order chi connectivity index (χ0) is 13.4. The molecule has 17 heavy (non-hydrogen) atoms. The minimum atomic E-state index is -4.88. The summed E-state index contributed by atoms with van der Waals surface area (Å²) in [5.41, 5.74) is 1.96. The SMILES string of the molecule is NCc1c(Br)cc(C(F)(F)F)cc1C(F)(F)F. The Kier molecular flexibility index (Phi) is 3.78. The number of alkyl halides is 6. The average molecular weight is 322 g/mol. The van der Waals surface area contributed by atoms with E-state index in [1.165, 1.54) is 0 Å². The standard InChI is InChI=1S/C9H6BrF6N/c10-7-2-4(8(11,12)13)1-6(5(7)3-17)9(14,15)16/h1-2H,3,17H2. The smallest absolute Gasteiger partial charge is 0.326 e. The summed E-state index contributed by atoms with van der Waals surface area (Å²) in [7, 11) is 0. The first-order valence-electron chi connectivity index (χ1n) is 4.24. The van der Waals surface area contributed by atoms with E-state index in [-0.39, 0.29) is 10.5 Å². The van der Waals surface area contributed by atoms with Gasteiger partial charge in [0.15, 0.2) is 0 Å². The van der Waals surface area contributed by atoms with E-state index in [4.69, 9.17) is 5.73 Å². The molecular weight excluding hydrogens is 316 g/mol. The molecule has 0 heterocycles. The number of rotatable bonds is 1. The molecule has 0 saturated heterocycles. The van der Waals surface area contributed by atoms with Crippen LogP contribution in [0.15, 0.2) is 16.6 Å². The largest absolute Gasteiger partial charge is 0.416 e. The lowest BCUT2D eigenvalue weighted by Gasteiger charge is -2.16. The van der Waals surface area contributed by atoms with Crippen LogP contribution in [-0.4, -0.2) is 0 Å². The van der Waals surface area contributed by atoms with Crippen molar-refractivity contribution in [1.29, 1.82) is 0 Å². The zero-order valence-electron chi connectivity index (χ0n) is 8.08. The van der Waals surface area contributed by atoms with E-state index in [1.54, 1.807) is 0 Å². The number of hydrogen-bond acceptors (Lipinski definition) is 1. The summed E-state index contributed by atoms with van der Waals surface area (Å²) in [6.45, 7) is -0.506. The van der Waals surface area contributed by atoms with E-state index in [0.29, 0.717) is 6.07 Å². The Morgan fingerprint density at radius 3 is 1.88 bits per heavy atom. The Hall–Kier alpha value is -0.760. The fourth-order valence-electron chi connectivity index (χ4n) is 1.26. The minimum absolute atomic E-state index is 0.0625. The maximum absolute atomic E-state index is 12.5. The van der Waals surface area contributed by atoms with Gasteiger partial charge < -0.3 is 5.73 Å². The third-order valence-corrected chi connectivity index (χ3v) is 2.74. The van der Waals surface area contributed by atoms with Gasteiger partial charge in [0.2, 0.25) is 0 Å². The van der Waals surface area contributed by atoms with E-state index in [9.17, 15) is 26.3 Å². The molecule has 0 radical (unpaired) electrons. The van der Waals surface area contributed by atoms with Crippen molar-refractivity contribution in [3.05, 3.63) is 33.3 Å². The van der Waals surface area contributed by atoms with E-state index in [1.807, 2.05) is 0 Å². The highest BCUT2D eigenvalue weighted by molar-refractivity contribution is 9.10. The Labute approximate surface area is 101 Å². The van der Waals surface area contributed by atoms with Crippen molar-refractivity contribution < 1.29 is 26.3 Å². The zero-order valence-corrected chi connectivity index (χ0v) is 9.67. The van der Waals surface area contributed by atoms with Gasteiger partial charge in [0, 0.05) is 11.0 Å². The molecule has 0 unspecified atom stereocenters. The van der Waals surface area contributed by atoms with Gasteiger partial charge in [0.1, 0.15) is 0 Å². The van der Waals surface area contributed by atoms with Crippen LogP contribution in [0.3, 0.4) is 0 Å². The van der Waals surface area contributed by atoms with Crippen LogP contribution in [0.2, 0.25) is 0 Å². The van der Waals surface area contributed by atoms with E-state index >= 15 is 0 Å². The molecule has 1 rings (SSSR count). The molecule has 0 fully saturated rings. The van der Waals surface area contributed by atoms with Crippen LogP contribution in [0.25, 0.3) is 0 Å². The molecule has 96 valence electrons. The minimum Gasteiger partial charge on any atom is -0.326 e. The number of benzene rings is 1. The predicted octanol–water partition coefficient (Wildman–Crippen LogP) is 3.95. The van der Waals surface area contributed by atoms with Crippen LogP contribution in [0.1, 0.15) is 16.7 Å². The van der Waals surface area contributed by atoms with Crippen molar-refractivity contribution in [2.45, 2.75) is 18.9 Å². The van der Waals surface area contributed by atoms with Gasteiger partial charge in [-0.15, -0.1) is 0 Å². The second-order valence-corrected chi connectivity index (χ2v) is 4.04. The molecule has 0 amide bonds. The van der Waals surface area contributed by atoms with Crippen LogP contribution >= 0.6 is 15.9 Å². The van der Waals surface area contributed by atoms with Crippen molar-refractivity contribution in [1.82, 2.24) is 0 Å². The number of nitrogens with two attached hydrogens (primary N) is 1. The number of halogens is 7. The van der Waals surface area contributed by atoms with Crippen molar-refractivity contribution in [3.8, 4) is 0 Å². The second kappa shape index (κ2) is 4.49. The fraction of sp³-hybridized carbons (Fsp3) is 0.333. The summed E-state index contributed by atoms with van der Waals surface area (Å²) >= 11 is 2.66. The maximum Gasteiger partial charge on any atom is 0.416 e. The topological polar surface area (TPSA) is 26.0 Å². The van der Waals surface area contributed by atoms with E-state index < -0.39 is 35.6 Å². The Morgan fingerprint density at radius 1 is 1.00 bits per heavy atom. The van der Waals surface area contributed by atoms with E-state index in [0.717, 1.165) is 0 Å². The third kappa shape index (κ3) is 3.12. The highest BCUT2D eigenvalue weighted by Gasteiger charge is 2.38. The van der Waals surface area contributed by atoms with Crippen LogP contribution in [-0.2, 0) is 18.9 Å². The third-order valence-electron chi connectivity index (χ3n) is 2.03.